The zero-order valence-electron chi connectivity index (χ0n) is 13.3. The van der Waals surface area contributed by atoms with Crippen LogP contribution in [0.15, 0.2) is 18.3 Å². The molecule has 0 unspecified atom stereocenters. The molecule has 0 fully saturated rings. The summed E-state index contributed by atoms with van der Waals surface area (Å²) in [7, 11) is 0. The molecule has 0 aliphatic rings. The van der Waals surface area contributed by atoms with Crippen molar-refractivity contribution in [2.45, 2.75) is 58.4 Å². The monoisotopic (exact) mass is 310 g/mol. The number of aromatic carboxylic acids is 2. The second-order valence-corrected chi connectivity index (χ2v) is 5.09. The molecule has 0 bridgehead atoms. The molecule has 0 atom stereocenters. The summed E-state index contributed by atoms with van der Waals surface area (Å²) in [5.41, 5.74) is 5.65. The van der Waals surface area contributed by atoms with Crippen LogP contribution in [0, 0.1) is 0 Å². The van der Waals surface area contributed by atoms with Gasteiger partial charge in [-0.3, -0.25) is 0 Å². The Bertz CT molecular complexity index is 405. The fourth-order valence-electron chi connectivity index (χ4n) is 1.72. The van der Waals surface area contributed by atoms with Gasteiger partial charge in [0.15, 0.2) is 0 Å². The van der Waals surface area contributed by atoms with Crippen molar-refractivity contribution in [2.24, 2.45) is 5.73 Å². The molecule has 0 aliphatic heterocycles. The van der Waals surface area contributed by atoms with Crippen LogP contribution in [0.3, 0.4) is 0 Å². The third-order valence-corrected chi connectivity index (χ3v) is 3.09. The number of carbonyl (C=O) groups is 2. The minimum Gasteiger partial charge on any atom is -0.478 e. The molecule has 0 amide bonds. The molecule has 0 radical (unpaired) electrons. The maximum atomic E-state index is 10.3. The van der Waals surface area contributed by atoms with E-state index in [1.165, 1.54) is 44.6 Å². The number of carboxylic acid groups (broad SMARTS) is 2. The molecular weight excluding hydrogens is 284 g/mol. The summed E-state index contributed by atoms with van der Waals surface area (Å²) >= 11 is 0. The number of pyridine rings is 1. The van der Waals surface area contributed by atoms with Gasteiger partial charge in [-0.1, -0.05) is 39.5 Å². The van der Waals surface area contributed by atoms with Gasteiger partial charge in [-0.15, -0.1) is 0 Å². The maximum Gasteiger partial charge on any atom is 0.354 e. The Labute approximate surface area is 131 Å². The van der Waals surface area contributed by atoms with Crippen LogP contribution >= 0.6 is 0 Å². The van der Waals surface area contributed by atoms with Crippen molar-refractivity contribution in [3.8, 4) is 0 Å². The molecule has 1 aromatic rings. The highest BCUT2D eigenvalue weighted by Gasteiger charge is 2.06. The number of carboxylic acids is 2. The van der Waals surface area contributed by atoms with Gasteiger partial charge < -0.3 is 15.9 Å². The Morgan fingerprint density at radius 2 is 1.64 bits per heavy atom. The van der Waals surface area contributed by atoms with E-state index >= 15 is 0 Å². The van der Waals surface area contributed by atoms with E-state index < -0.39 is 11.9 Å². The highest BCUT2D eigenvalue weighted by Crippen LogP contribution is 2.05. The van der Waals surface area contributed by atoms with Gasteiger partial charge in [0.25, 0.3) is 0 Å². The molecule has 6 heteroatoms. The van der Waals surface area contributed by atoms with Crippen molar-refractivity contribution in [1.29, 1.82) is 0 Å². The van der Waals surface area contributed by atoms with E-state index in [0.717, 1.165) is 12.3 Å². The van der Waals surface area contributed by atoms with Crippen molar-refractivity contribution >= 4 is 11.9 Å². The first-order chi connectivity index (χ1) is 10.4. The van der Waals surface area contributed by atoms with E-state index in [9.17, 15) is 9.59 Å². The molecule has 124 valence electrons. The van der Waals surface area contributed by atoms with Gasteiger partial charge in [-0.05, 0) is 25.0 Å². The van der Waals surface area contributed by atoms with E-state index in [1.807, 2.05) is 0 Å². The Kier molecular flexibility index (Phi) is 10.6. The summed E-state index contributed by atoms with van der Waals surface area (Å²) in [6, 6.07) is 2.81. The molecule has 0 saturated heterocycles. The first-order valence-electron chi connectivity index (χ1n) is 7.60. The quantitative estimate of drug-likeness (QED) is 0.679. The SMILES string of the molecule is CCCCC(N)CCCC.O=C(O)c1ccc(C(=O)O)nc1. The molecule has 6 nitrogen and oxygen atoms in total. The van der Waals surface area contributed by atoms with Crippen LogP contribution in [-0.2, 0) is 0 Å². The number of hydrogen-bond acceptors (Lipinski definition) is 4. The lowest BCUT2D eigenvalue weighted by atomic mass is 10.1. The lowest BCUT2D eigenvalue weighted by molar-refractivity contribution is 0.0676. The molecule has 0 saturated carbocycles. The summed E-state index contributed by atoms with van der Waals surface area (Å²) in [5, 5.41) is 16.8. The maximum absolute atomic E-state index is 10.3. The van der Waals surface area contributed by atoms with Crippen LogP contribution < -0.4 is 5.73 Å². The Balaban J connectivity index is 0.000000409. The molecule has 1 heterocycles. The Hall–Kier alpha value is -1.95. The standard InChI is InChI=1S/C9H21N.C7H5NO4/c1-3-5-7-9(10)8-6-4-2;9-6(10)4-1-2-5(7(11)12)8-3-4/h9H,3-8,10H2,1-2H3;1-3H,(H,9,10)(H,11,12). The number of hydrogen-bond donors (Lipinski definition) is 3. The van der Waals surface area contributed by atoms with E-state index in [1.54, 1.807) is 0 Å². The molecular formula is C16H26N2O4. The van der Waals surface area contributed by atoms with Crippen LogP contribution in [0.2, 0.25) is 0 Å². The smallest absolute Gasteiger partial charge is 0.354 e. The molecule has 1 aromatic heterocycles. The average Bonchev–Trinajstić information content (AvgIpc) is 2.51. The summed E-state index contributed by atoms with van der Waals surface area (Å²) in [6.45, 7) is 4.43. The fourth-order valence-corrected chi connectivity index (χ4v) is 1.72. The first kappa shape index (κ1) is 20.1. The van der Waals surface area contributed by atoms with Crippen LogP contribution in [0.5, 0.6) is 0 Å². The number of nitrogens with zero attached hydrogens (tertiary/aromatic N) is 1. The van der Waals surface area contributed by atoms with Crippen molar-refractivity contribution in [2.75, 3.05) is 0 Å². The summed E-state index contributed by atoms with van der Waals surface area (Å²) in [4.78, 5) is 24.0. The molecule has 0 aliphatic carbocycles. The van der Waals surface area contributed by atoms with Gasteiger partial charge >= 0.3 is 11.9 Å². The van der Waals surface area contributed by atoms with Crippen molar-refractivity contribution in [1.82, 2.24) is 4.98 Å². The van der Waals surface area contributed by atoms with E-state index in [4.69, 9.17) is 15.9 Å². The number of unbranched alkanes of at least 4 members (excludes halogenated alkanes) is 2. The van der Waals surface area contributed by atoms with Gasteiger partial charge in [0.05, 0.1) is 5.56 Å². The van der Waals surface area contributed by atoms with Crippen LogP contribution in [-0.4, -0.2) is 33.2 Å². The fraction of sp³-hybridized carbons (Fsp3) is 0.562. The predicted octanol–water partition coefficient (Wildman–Crippen LogP) is 3.17. The minimum absolute atomic E-state index is 0.0278. The van der Waals surface area contributed by atoms with Gasteiger partial charge in [0, 0.05) is 12.2 Å². The van der Waals surface area contributed by atoms with E-state index in [-0.39, 0.29) is 11.3 Å². The zero-order chi connectivity index (χ0) is 17.0. The second kappa shape index (κ2) is 11.7. The van der Waals surface area contributed by atoms with Gasteiger partial charge in [-0.2, -0.15) is 0 Å². The second-order valence-electron chi connectivity index (χ2n) is 5.09. The van der Waals surface area contributed by atoms with Gasteiger partial charge in [-0.25, -0.2) is 14.6 Å². The normalized spacial score (nSPS) is 10.0. The van der Waals surface area contributed by atoms with Crippen LogP contribution in [0.25, 0.3) is 0 Å². The molecule has 4 N–H and O–H groups in total. The molecule has 1 rings (SSSR count). The van der Waals surface area contributed by atoms with Crippen LogP contribution in [0.4, 0.5) is 0 Å². The predicted molar refractivity (Wildman–Crippen MR) is 85.2 cm³/mol. The summed E-state index contributed by atoms with van der Waals surface area (Å²) in [5.74, 6) is -2.30. The third kappa shape index (κ3) is 9.07. The first-order valence-corrected chi connectivity index (χ1v) is 7.60. The average molecular weight is 310 g/mol. The minimum atomic E-state index is -1.17. The Morgan fingerprint density at radius 1 is 1.09 bits per heavy atom. The topological polar surface area (TPSA) is 114 Å². The van der Waals surface area contributed by atoms with Crippen LogP contribution in [0.1, 0.15) is 73.2 Å². The Morgan fingerprint density at radius 3 is 1.95 bits per heavy atom. The summed E-state index contributed by atoms with van der Waals surface area (Å²) in [6.07, 6.45) is 8.59. The van der Waals surface area contributed by atoms with Crippen molar-refractivity contribution < 1.29 is 19.8 Å². The van der Waals surface area contributed by atoms with Gasteiger partial charge in [0.1, 0.15) is 5.69 Å². The number of nitrogens with two attached hydrogens (primary N) is 1. The molecule has 22 heavy (non-hydrogen) atoms. The van der Waals surface area contributed by atoms with Crippen molar-refractivity contribution in [3.63, 3.8) is 0 Å². The zero-order valence-corrected chi connectivity index (χ0v) is 13.3. The third-order valence-electron chi connectivity index (χ3n) is 3.09. The lowest BCUT2D eigenvalue weighted by Crippen LogP contribution is -2.19. The van der Waals surface area contributed by atoms with Gasteiger partial charge in [0.2, 0.25) is 0 Å². The highest BCUT2D eigenvalue weighted by atomic mass is 16.4. The van der Waals surface area contributed by atoms with Crippen molar-refractivity contribution in [3.05, 3.63) is 29.6 Å². The lowest BCUT2D eigenvalue weighted by Gasteiger charge is -2.08. The molecule has 0 aromatic carbocycles. The highest BCUT2D eigenvalue weighted by molar-refractivity contribution is 5.89. The van der Waals surface area contributed by atoms with E-state index in [2.05, 4.69) is 18.8 Å². The van der Waals surface area contributed by atoms with E-state index in [0.29, 0.717) is 6.04 Å². The number of aromatic nitrogens is 1. The largest absolute Gasteiger partial charge is 0.478 e. The summed E-state index contributed by atoms with van der Waals surface area (Å²) < 4.78 is 0. The molecule has 0 spiro atoms. The number of rotatable bonds is 8.